The van der Waals surface area contributed by atoms with Gasteiger partial charge in [-0.15, -0.1) is 16.4 Å². The van der Waals surface area contributed by atoms with Crippen LogP contribution < -0.4 is 5.32 Å². The van der Waals surface area contributed by atoms with E-state index in [-0.39, 0.29) is 5.91 Å². The first-order valence-corrected chi connectivity index (χ1v) is 10.1. The minimum atomic E-state index is -0.201. The van der Waals surface area contributed by atoms with Gasteiger partial charge in [-0.25, -0.2) is 9.67 Å². The van der Waals surface area contributed by atoms with Crippen molar-refractivity contribution >= 4 is 49.3 Å². The summed E-state index contributed by atoms with van der Waals surface area (Å²) in [5, 5.41) is 11.6. The quantitative estimate of drug-likeness (QED) is 0.494. The molecule has 2 heterocycles. The molecular weight excluding hydrogens is 426 g/mol. The van der Waals surface area contributed by atoms with Crippen LogP contribution in [-0.2, 0) is 13.0 Å². The molecule has 4 aromatic rings. The van der Waals surface area contributed by atoms with Gasteiger partial charge in [-0.2, -0.15) is 0 Å². The van der Waals surface area contributed by atoms with Gasteiger partial charge in [0.25, 0.3) is 5.91 Å². The first kappa shape index (κ1) is 17.8. The molecule has 8 heteroatoms. The number of fused-ring (bicyclic) bond motifs is 1. The SMILES string of the molecule is CCn1nnc2cc(C(=O)Nc3ncc(Cc4ccc(Br)cc4)s3)ccc21. The Balaban J connectivity index is 1.46. The Hall–Kier alpha value is -2.58. The molecule has 0 radical (unpaired) electrons. The van der Waals surface area contributed by atoms with Crippen LogP contribution in [0, 0.1) is 0 Å². The number of aromatic nitrogens is 4. The van der Waals surface area contributed by atoms with Gasteiger partial charge in [0, 0.05) is 34.1 Å². The fourth-order valence-corrected chi connectivity index (χ4v) is 3.87. The van der Waals surface area contributed by atoms with Crippen molar-refractivity contribution in [2.24, 2.45) is 0 Å². The number of nitrogens with one attached hydrogen (secondary N) is 1. The maximum atomic E-state index is 12.5. The molecule has 1 N–H and O–H groups in total. The number of nitrogens with zero attached hydrogens (tertiary/aromatic N) is 4. The first-order chi connectivity index (χ1) is 13.1. The van der Waals surface area contributed by atoms with Crippen molar-refractivity contribution in [2.75, 3.05) is 5.32 Å². The summed E-state index contributed by atoms with van der Waals surface area (Å²) in [5.74, 6) is -0.201. The minimum Gasteiger partial charge on any atom is -0.298 e. The van der Waals surface area contributed by atoms with E-state index in [9.17, 15) is 4.79 Å². The average molecular weight is 442 g/mol. The molecule has 0 spiro atoms. The van der Waals surface area contributed by atoms with Crippen molar-refractivity contribution in [3.05, 3.63) is 69.1 Å². The van der Waals surface area contributed by atoms with Crippen molar-refractivity contribution in [3.8, 4) is 0 Å². The van der Waals surface area contributed by atoms with Crippen LogP contribution >= 0.6 is 27.3 Å². The number of aryl methyl sites for hydroxylation is 1. The molecule has 4 rings (SSSR count). The third kappa shape index (κ3) is 3.91. The van der Waals surface area contributed by atoms with Crippen LogP contribution in [0.4, 0.5) is 5.13 Å². The van der Waals surface area contributed by atoms with Gasteiger partial charge in [-0.3, -0.25) is 10.1 Å². The molecule has 0 unspecified atom stereocenters. The highest BCUT2D eigenvalue weighted by Crippen LogP contribution is 2.23. The summed E-state index contributed by atoms with van der Waals surface area (Å²) in [6.45, 7) is 2.74. The van der Waals surface area contributed by atoms with E-state index >= 15 is 0 Å². The Morgan fingerprint density at radius 1 is 1.22 bits per heavy atom. The Morgan fingerprint density at radius 3 is 2.81 bits per heavy atom. The molecule has 0 atom stereocenters. The second kappa shape index (κ2) is 7.58. The fraction of sp³-hybridized carbons (Fsp3) is 0.158. The Kier molecular flexibility index (Phi) is 5.00. The lowest BCUT2D eigenvalue weighted by Gasteiger charge is -2.02. The number of hydrogen-bond donors (Lipinski definition) is 1. The number of anilines is 1. The highest BCUT2D eigenvalue weighted by atomic mass is 79.9. The third-order valence-corrected chi connectivity index (χ3v) is 5.58. The van der Waals surface area contributed by atoms with Crippen molar-refractivity contribution in [1.29, 1.82) is 0 Å². The lowest BCUT2D eigenvalue weighted by molar-refractivity contribution is 0.102. The summed E-state index contributed by atoms with van der Waals surface area (Å²) >= 11 is 4.92. The fourth-order valence-electron chi connectivity index (χ4n) is 2.77. The first-order valence-electron chi connectivity index (χ1n) is 8.46. The lowest BCUT2D eigenvalue weighted by Crippen LogP contribution is -2.11. The van der Waals surface area contributed by atoms with Gasteiger partial charge in [0.2, 0.25) is 0 Å². The number of benzene rings is 2. The molecule has 6 nitrogen and oxygen atoms in total. The van der Waals surface area contributed by atoms with Crippen LogP contribution in [0.25, 0.3) is 11.0 Å². The molecule has 0 aliphatic carbocycles. The molecule has 0 saturated heterocycles. The second-order valence-electron chi connectivity index (χ2n) is 6.00. The Bertz CT molecular complexity index is 1100. The summed E-state index contributed by atoms with van der Waals surface area (Å²) in [7, 11) is 0. The summed E-state index contributed by atoms with van der Waals surface area (Å²) in [4.78, 5) is 17.9. The van der Waals surface area contributed by atoms with Gasteiger partial charge in [-0.1, -0.05) is 33.3 Å². The number of carbonyl (C=O) groups is 1. The predicted molar refractivity (Wildman–Crippen MR) is 110 cm³/mol. The minimum absolute atomic E-state index is 0.201. The molecule has 0 bridgehead atoms. The van der Waals surface area contributed by atoms with Gasteiger partial charge in [0.15, 0.2) is 5.13 Å². The largest absolute Gasteiger partial charge is 0.298 e. The molecule has 0 fully saturated rings. The van der Waals surface area contributed by atoms with Crippen LogP contribution in [-0.4, -0.2) is 25.9 Å². The highest BCUT2D eigenvalue weighted by Gasteiger charge is 2.12. The zero-order valence-corrected chi connectivity index (χ0v) is 16.9. The number of thiazole rings is 1. The van der Waals surface area contributed by atoms with E-state index in [2.05, 4.69) is 48.7 Å². The van der Waals surface area contributed by atoms with Crippen molar-refractivity contribution in [1.82, 2.24) is 20.0 Å². The number of rotatable bonds is 5. The summed E-state index contributed by atoms with van der Waals surface area (Å²) in [6.07, 6.45) is 2.59. The van der Waals surface area contributed by atoms with E-state index in [0.29, 0.717) is 16.2 Å². The maximum absolute atomic E-state index is 12.5. The smallest absolute Gasteiger partial charge is 0.257 e. The topological polar surface area (TPSA) is 72.7 Å². The second-order valence-corrected chi connectivity index (χ2v) is 8.03. The van der Waals surface area contributed by atoms with Gasteiger partial charge in [0.05, 0.1) is 5.52 Å². The third-order valence-electron chi connectivity index (χ3n) is 4.14. The lowest BCUT2D eigenvalue weighted by atomic mass is 10.1. The van der Waals surface area contributed by atoms with E-state index in [1.54, 1.807) is 23.0 Å². The van der Waals surface area contributed by atoms with Crippen molar-refractivity contribution < 1.29 is 4.79 Å². The van der Waals surface area contributed by atoms with E-state index in [1.165, 1.54) is 16.9 Å². The Morgan fingerprint density at radius 2 is 2.04 bits per heavy atom. The van der Waals surface area contributed by atoms with Crippen molar-refractivity contribution in [2.45, 2.75) is 19.9 Å². The average Bonchev–Trinajstić information content (AvgIpc) is 3.29. The maximum Gasteiger partial charge on any atom is 0.257 e. The van der Waals surface area contributed by atoms with Crippen LogP contribution in [0.15, 0.2) is 53.1 Å². The van der Waals surface area contributed by atoms with Crippen LogP contribution in [0.5, 0.6) is 0 Å². The molecule has 27 heavy (non-hydrogen) atoms. The monoisotopic (exact) mass is 441 g/mol. The number of hydrogen-bond acceptors (Lipinski definition) is 5. The van der Waals surface area contributed by atoms with Gasteiger partial charge >= 0.3 is 0 Å². The summed E-state index contributed by atoms with van der Waals surface area (Å²) < 4.78 is 2.85. The van der Waals surface area contributed by atoms with E-state index in [4.69, 9.17) is 0 Å². The zero-order valence-electron chi connectivity index (χ0n) is 14.5. The van der Waals surface area contributed by atoms with Crippen LogP contribution in [0.2, 0.25) is 0 Å². The van der Waals surface area contributed by atoms with E-state index < -0.39 is 0 Å². The number of amides is 1. The highest BCUT2D eigenvalue weighted by molar-refractivity contribution is 9.10. The van der Waals surface area contributed by atoms with E-state index in [1.807, 2.05) is 25.1 Å². The molecular formula is C19H16BrN5OS. The summed E-state index contributed by atoms with van der Waals surface area (Å²) in [6, 6.07) is 13.6. The number of carbonyl (C=O) groups excluding carboxylic acids is 1. The summed E-state index contributed by atoms with van der Waals surface area (Å²) in [5.41, 5.74) is 3.36. The van der Waals surface area contributed by atoms with Gasteiger partial charge in [-0.05, 0) is 42.8 Å². The zero-order chi connectivity index (χ0) is 18.8. The molecule has 0 saturated carbocycles. The molecule has 1 amide bonds. The van der Waals surface area contributed by atoms with E-state index in [0.717, 1.165) is 27.8 Å². The number of halogens is 1. The van der Waals surface area contributed by atoms with Crippen molar-refractivity contribution in [3.63, 3.8) is 0 Å². The predicted octanol–water partition coefficient (Wildman–Crippen LogP) is 4.51. The molecule has 136 valence electrons. The van der Waals surface area contributed by atoms with Crippen LogP contribution in [0.1, 0.15) is 27.7 Å². The van der Waals surface area contributed by atoms with Gasteiger partial charge in [0.1, 0.15) is 5.52 Å². The molecule has 0 aliphatic heterocycles. The molecule has 0 aliphatic rings. The van der Waals surface area contributed by atoms with Crippen LogP contribution in [0.3, 0.4) is 0 Å². The normalized spacial score (nSPS) is 11.0. The standard InChI is InChI=1S/C19H16BrN5OS/c1-2-25-17-8-5-13(10-16(17)23-24-25)18(26)22-19-21-11-15(27-19)9-12-3-6-14(20)7-4-12/h3-8,10-11H,2,9H2,1H3,(H,21,22,26). The molecule has 2 aromatic carbocycles. The molecule has 2 aromatic heterocycles. The van der Waals surface area contributed by atoms with Gasteiger partial charge < -0.3 is 0 Å². The Labute approximate surface area is 168 Å².